The topological polar surface area (TPSA) is 102 Å². The number of aliphatic imine (C=N–C) groups is 1. The zero-order valence-electron chi connectivity index (χ0n) is 16.4. The number of halogens is 1. The van der Waals surface area contributed by atoms with Crippen molar-refractivity contribution in [3.05, 3.63) is 47.7 Å². The second kappa shape index (κ2) is 7.18. The van der Waals surface area contributed by atoms with Gasteiger partial charge in [-0.05, 0) is 38.0 Å². The van der Waals surface area contributed by atoms with Crippen LogP contribution in [0.5, 0.6) is 5.88 Å². The minimum Gasteiger partial charge on any atom is -0.480 e. The first kappa shape index (κ1) is 19.7. The minimum atomic E-state index is -0.787. The lowest BCUT2D eigenvalue weighted by Crippen LogP contribution is -2.41. The number of methoxy groups -OCH3 is 1. The molecule has 1 atom stereocenters. The highest BCUT2D eigenvalue weighted by Gasteiger charge is 2.38. The SMILES string of the molecule is COc1cnc(C(=O)Nc2ccc(F)c([C@]3(C)CCC(C)(C)C(N)=N3)c2)cn1. The van der Waals surface area contributed by atoms with Crippen molar-refractivity contribution < 1.29 is 13.9 Å². The van der Waals surface area contributed by atoms with Crippen LogP contribution in [0, 0.1) is 11.2 Å². The number of benzene rings is 1. The minimum absolute atomic E-state index is 0.125. The number of carbonyl (C=O) groups excluding carboxylic acids is 1. The lowest BCUT2D eigenvalue weighted by Gasteiger charge is -2.38. The van der Waals surface area contributed by atoms with E-state index in [9.17, 15) is 9.18 Å². The van der Waals surface area contributed by atoms with E-state index in [1.807, 2.05) is 20.8 Å². The molecule has 0 aliphatic carbocycles. The number of ether oxygens (including phenoxy) is 1. The summed E-state index contributed by atoms with van der Waals surface area (Å²) >= 11 is 0. The zero-order valence-corrected chi connectivity index (χ0v) is 16.4. The quantitative estimate of drug-likeness (QED) is 0.841. The van der Waals surface area contributed by atoms with Crippen LogP contribution in [0.15, 0.2) is 35.6 Å². The molecular weight excluding hydrogens is 361 g/mol. The first-order valence-electron chi connectivity index (χ1n) is 8.98. The highest BCUT2D eigenvalue weighted by molar-refractivity contribution is 6.02. The Hall–Kier alpha value is -3.03. The smallest absolute Gasteiger partial charge is 0.275 e. The third-order valence-electron chi connectivity index (χ3n) is 5.17. The van der Waals surface area contributed by atoms with Crippen LogP contribution >= 0.6 is 0 Å². The Morgan fingerprint density at radius 1 is 1.21 bits per heavy atom. The van der Waals surface area contributed by atoms with Crippen LogP contribution in [-0.2, 0) is 5.54 Å². The maximum Gasteiger partial charge on any atom is 0.275 e. The van der Waals surface area contributed by atoms with Crippen molar-refractivity contribution in [2.45, 2.75) is 39.2 Å². The third-order valence-corrected chi connectivity index (χ3v) is 5.17. The van der Waals surface area contributed by atoms with Gasteiger partial charge in [-0.2, -0.15) is 0 Å². The van der Waals surface area contributed by atoms with Crippen molar-refractivity contribution in [1.82, 2.24) is 9.97 Å². The van der Waals surface area contributed by atoms with E-state index in [0.29, 0.717) is 29.4 Å². The first-order chi connectivity index (χ1) is 13.1. The van der Waals surface area contributed by atoms with Crippen molar-refractivity contribution in [1.29, 1.82) is 0 Å². The summed E-state index contributed by atoms with van der Waals surface area (Å²) in [6.45, 7) is 5.90. The summed E-state index contributed by atoms with van der Waals surface area (Å²) < 4.78 is 19.5. The predicted octanol–water partition coefficient (Wildman–Crippen LogP) is 3.27. The molecular formula is C20H24FN5O2. The maximum atomic E-state index is 14.6. The van der Waals surface area contributed by atoms with E-state index in [0.717, 1.165) is 6.42 Å². The van der Waals surface area contributed by atoms with Gasteiger partial charge in [-0.1, -0.05) is 13.8 Å². The van der Waals surface area contributed by atoms with Crippen LogP contribution in [0.3, 0.4) is 0 Å². The fourth-order valence-electron chi connectivity index (χ4n) is 3.10. The van der Waals surface area contributed by atoms with E-state index in [2.05, 4.69) is 20.3 Å². The summed E-state index contributed by atoms with van der Waals surface area (Å²) in [5.41, 5.74) is 6.09. The lowest BCUT2D eigenvalue weighted by molar-refractivity contribution is 0.102. The van der Waals surface area contributed by atoms with Gasteiger partial charge in [0.2, 0.25) is 5.88 Å². The largest absolute Gasteiger partial charge is 0.480 e. The molecule has 148 valence electrons. The molecule has 28 heavy (non-hydrogen) atoms. The summed E-state index contributed by atoms with van der Waals surface area (Å²) in [4.78, 5) is 25.0. The predicted molar refractivity (Wildman–Crippen MR) is 105 cm³/mol. The number of amidine groups is 1. The fourth-order valence-corrected chi connectivity index (χ4v) is 3.10. The van der Waals surface area contributed by atoms with Gasteiger partial charge in [0.15, 0.2) is 0 Å². The number of amides is 1. The van der Waals surface area contributed by atoms with E-state index < -0.39 is 11.4 Å². The molecule has 8 heteroatoms. The standard InChI is InChI=1S/C20H24FN5O2/c1-19(2)7-8-20(3,26-18(19)22)13-9-12(5-6-14(13)21)25-17(27)15-10-24-16(28-4)11-23-15/h5-6,9-11H,7-8H2,1-4H3,(H2,22,26)(H,25,27)/t20-/m0/s1. The second-order valence-corrected chi connectivity index (χ2v) is 7.75. The second-order valence-electron chi connectivity index (χ2n) is 7.75. The Bertz CT molecular complexity index is 927. The van der Waals surface area contributed by atoms with Gasteiger partial charge in [0.1, 0.15) is 17.3 Å². The van der Waals surface area contributed by atoms with Crippen LogP contribution in [0.4, 0.5) is 10.1 Å². The Morgan fingerprint density at radius 2 is 1.96 bits per heavy atom. The van der Waals surface area contributed by atoms with E-state index in [1.165, 1.54) is 31.6 Å². The summed E-state index contributed by atoms with van der Waals surface area (Å²) in [5.74, 6) is -0.0283. The van der Waals surface area contributed by atoms with Gasteiger partial charge >= 0.3 is 0 Å². The molecule has 1 aromatic heterocycles. The molecule has 1 amide bonds. The van der Waals surface area contributed by atoms with Gasteiger partial charge in [-0.15, -0.1) is 0 Å². The molecule has 0 saturated carbocycles. The maximum absolute atomic E-state index is 14.6. The zero-order chi connectivity index (χ0) is 20.5. The molecule has 1 aliphatic heterocycles. The number of nitrogens with one attached hydrogen (secondary N) is 1. The molecule has 7 nitrogen and oxygen atoms in total. The summed E-state index contributed by atoms with van der Waals surface area (Å²) in [5, 5.41) is 2.72. The Balaban J connectivity index is 1.87. The van der Waals surface area contributed by atoms with Crippen LogP contribution < -0.4 is 15.8 Å². The van der Waals surface area contributed by atoms with E-state index in [-0.39, 0.29) is 16.9 Å². The number of hydrogen-bond acceptors (Lipinski definition) is 6. The third kappa shape index (κ3) is 3.81. The van der Waals surface area contributed by atoms with Crippen molar-refractivity contribution in [2.75, 3.05) is 12.4 Å². The Morgan fingerprint density at radius 3 is 2.57 bits per heavy atom. The summed E-state index contributed by atoms with van der Waals surface area (Å²) in [6.07, 6.45) is 4.11. The van der Waals surface area contributed by atoms with Crippen molar-refractivity contribution in [2.24, 2.45) is 16.1 Å². The van der Waals surface area contributed by atoms with Crippen LogP contribution in [0.1, 0.15) is 49.7 Å². The molecule has 0 unspecified atom stereocenters. The normalized spacial score (nSPS) is 21.0. The molecule has 0 spiro atoms. The van der Waals surface area contributed by atoms with Crippen molar-refractivity contribution >= 4 is 17.4 Å². The van der Waals surface area contributed by atoms with Crippen LogP contribution in [-0.4, -0.2) is 28.8 Å². The average molecular weight is 385 g/mol. The lowest BCUT2D eigenvalue weighted by atomic mass is 9.75. The molecule has 0 radical (unpaired) electrons. The number of nitrogens with zero attached hydrogens (tertiary/aromatic N) is 3. The number of rotatable bonds is 4. The molecule has 2 aromatic rings. The first-order valence-corrected chi connectivity index (χ1v) is 8.98. The number of aromatic nitrogens is 2. The van der Waals surface area contributed by atoms with Crippen LogP contribution in [0.25, 0.3) is 0 Å². The van der Waals surface area contributed by atoms with E-state index in [4.69, 9.17) is 10.5 Å². The monoisotopic (exact) mass is 385 g/mol. The molecule has 1 aliphatic rings. The van der Waals surface area contributed by atoms with E-state index >= 15 is 0 Å². The van der Waals surface area contributed by atoms with Gasteiger partial charge in [0, 0.05) is 16.7 Å². The molecule has 0 saturated heterocycles. The molecule has 3 rings (SSSR count). The average Bonchev–Trinajstić information content (AvgIpc) is 2.67. The fraction of sp³-hybridized carbons (Fsp3) is 0.400. The van der Waals surface area contributed by atoms with Gasteiger partial charge in [-0.25, -0.2) is 14.4 Å². The summed E-state index contributed by atoms with van der Waals surface area (Å²) in [6, 6.07) is 4.41. The number of carbonyl (C=O) groups is 1. The summed E-state index contributed by atoms with van der Waals surface area (Å²) in [7, 11) is 1.46. The number of hydrogen-bond donors (Lipinski definition) is 2. The molecule has 2 heterocycles. The highest BCUT2D eigenvalue weighted by Crippen LogP contribution is 2.42. The number of nitrogens with two attached hydrogens (primary N) is 1. The van der Waals surface area contributed by atoms with Crippen molar-refractivity contribution in [3.8, 4) is 5.88 Å². The van der Waals surface area contributed by atoms with E-state index in [1.54, 1.807) is 6.07 Å². The van der Waals surface area contributed by atoms with Crippen LogP contribution in [0.2, 0.25) is 0 Å². The highest BCUT2D eigenvalue weighted by atomic mass is 19.1. The molecule has 0 bridgehead atoms. The van der Waals surface area contributed by atoms with Gasteiger partial charge in [-0.3, -0.25) is 9.79 Å². The van der Waals surface area contributed by atoms with Gasteiger partial charge < -0.3 is 15.8 Å². The van der Waals surface area contributed by atoms with Crippen molar-refractivity contribution in [3.63, 3.8) is 0 Å². The molecule has 1 aromatic carbocycles. The van der Waals surface area contributed by atoms with Gasteiger partial charge in [0.05, 0.1) is 25.0 Å². The van der Waals surface area contributed by atoms with Gasteiger partial charge in [0.25, 0.3) is 5.91 Å². The Labute approximate surface area is 163 Å². The Kier molecular flexibility index (Phi) is 5.06. The molecule has 3 N–H and O–H groups in total. The number of anilines is 1. The molecule has 0 fully saturated rings.